The lowest BCUT2D eigenvalue weighted by atomic mass is 10.3. The van der Waals surface area contributed by atoms with Gasteiger partial charge >= 0.3 is 0 Å². The third-order valence-corrected chi connectivity index (χ3v) is 15.8. The minimum absolute atomic E-state index is 0.265. The van der Waals surface area contributed by atoms with Gasteiger partial charge in [-0.2, -0.15) is 0 Å². The molecule has 13 nitrogen and oxygen atoms in total. The van der Waals surface area contributed by atoms with Crippen LogP contribution in [0.25, 0.3) is 62.4 Å². The molecule has 11 rings (SSSR count). The molecule has 0 spiro atoms. The van der Waals surface area contributed by atoms with Crippen LogP contribution < -0.4 is 19.9 Å². The number of aromatic nitrogens is 6. The highest BCUT2D eigenvalue weighted by molar-refractivity contribution is 9.11. The Balaban J connectivity index is 0.000000131. The minimum atomic E-state index is 0.265. The van der Waals surface area contributed by atoms with Gasteiger partial charge in [-0.3, -0.25) is 19.9 Å². The molecule has 1 aliphatic heterocycles. The Hall–Kier alpha value is -5.29. The third kappa shape index (κ3) is 13.4. The number of benzene rings is 4. The second-order valence-electron chi connectivity index (χ2n) is 15.0. The van der Waals surface area contributed by atoms with Crippen molar-refractivity contribution in [3.05, 3.63) is 142 Å². The normalized spacial score (nSPS) is 12.3. The predicted molar refractivity (Wildman–Crippen MR) is 297 cm³/mol. The Bertz CT molecular complexity index is 3350. The average molecular weight is 1200 g/mol. The smallest absolute Gasteiger partial charge is 0.125 e. The topological polar surface area (TPSA) is 164 Å². The number of ether oxygens (including phenoxy) is 4. The zero-order chi connectivity index (χ0) is 49.0. The molecule has 3 N–H and O–H groups in total. The molecule has 0 amide bonds. The number of halogens is 3. The van der Waals surface area contributed by atoms with Crippen LogP contribution in [0.15, 0.2) is 146 Å². The number of fused-ring (bicyclic) bond motifs is 3. The maximum Gasteiger partial charge on any atom is 0.125 e. The van der Waals surface area contributed by atoms with Crippen LogP contribution in [0, 0.1) is 0 Å². The number of pyridine rings is 3. The highest BCUT2D eigenvalue weighted by Crippen LogP contribution is 2.38. The fourth-order valence-electron chi connectivity index (χ4n) is 6.70. The monoisotopic (exact) mass is 1200 g/mol. The van der Waals surface area contributed by atoms with E-state index < -0.39 is 0 Å². The fraction of sp³-hybridized carbons (Fsp3) is 0.160. The number of methoxy groups -OCH3 is 2. The van der Waals surface area contributed by atoms with Crippen molar-refractivity contribution in [1.29, 1.82) is 0 Å². The van der Waals surface area contributed by atoms with E-state index in [2.05, 4.69) is 96.3 Å². The maximum atomic E-state index is 9.42. The van der Waals surface area contributed by atoms with Crippen molar-refractivity contribution < 1.29 is 24.1 Å². The second-order valence-corrected chi connectivity index (χ2v) is 21.1. The zero-order valence-corrected chi connectivity index (χ0v) is 45.6. The number of rotatable bonds is 9. The Labute approximate surface area is 446 Å². The van der Waals surface area contributed by atoms with Gasteiger partial charge in [0.15, 0.2) is 0 Å². The number of hydrogen-bond acceptors (Lipinski definition) is 17. The summed E-state index contributed by atoms with van der Waals surface area (Å²) in [6.45, 7) is 5.23. The molecule has 0 saturated carbocycles. The molecule has 20 heteroatoms. The van der Waals surface area contributed by atoms with E-state index in [1.807, 2.05) is 54.6 Å². The molecule has 0 atom stereocenters. The lowest BCUT2D eigenvalue weighted by Crippen LogP contribution is -2.38. The SMILES string of the molecule is Brc1cnccc1-c1nc2ccc(OCCN3CCOCC3)cc2s1.COc1ccc(N)c(S)c1.COc1ccc2nc(-c3ccncc3Br)sc2c1.Oc1ccc2nc(-c3ccncc3Br)sc2c1. The summed E-state index contributed by atoms with van der Waals surface area (Å²) < 4.78 is 27.5. The van der Waals surface area contributed by atoms with Crippen molar-refractivity contribution >= 4 is 131 Å². The van der Waals surface area contributed by atoms with Gasteiger partial charge in [0.25, 0.3) is 0 Å². The van der Waals surface area contributed by atoms with E-state index in [0.29, 0.717) is 12.3 Å². The highest BCUT2D eigenvalue weighted by atomic mass is 79.9. The molecule has 7 heterocycles. The molecule has 1 aliphatic rings. The molecule has 1 fully saturated rings. The van der Waals surface area contributed by atoms with Gasteiger partial charge in [-0.15, -0.1) is 46.6 Å². The summed E-state index contributed by atoms with van der Waals surface area (Å²) in [4.78, 5) is 29.2. The first kappa shape index (κ1) is 51.1. The van der Waals surface area contributed by atoms with Gasteiger partial charge in [0.05, 0.1) is 58.1 Å². The second kappa shape index (κ2) is 24.7. The Kier molecular flexibility index (Phi) is 18.0. The number of anilines is 1. The lowest BCUT2D eigenvalue weighted by Gasteiger charge is -2.26. The summed E-state index contributed by atoms with van der Waals surface area (Å²) in [5.74, 6) is 2.79. The summed E-state index contributed by atoms with van der Waals surface area (Å²) in [5, 5.41) is 12.3. The Morgan fingerprint density at radius 1 is 0.614 bits per heavy atom. The van der Waals surface area contributed by atoms with Crippen LogP contribution in [0.4, 0.5) is 5.69 Å². The molecular formula is C50H43Br3N8O5S4. The molecule has 4 aromatic carbocycles. The molecule has 0 unspecified atom stereocenters. The predicted octanol–water partition coefficient (Wildman–Crippen LogP) is 13.4. The van der Waals surface area contributed by atoms with E-state index in [1.54, 1.807) is 116 Å². The first-order valence-electron chi connectivity index (χ1n) is 21.3. The number of nitrogen functional groups attached to an aromatic ring is 1. The summed E-state index contributed by atoms with van der Waals surface area (Å²) in [5.41, 5.74) is 12.2. The van der Waals surface area contributed by atoms with E-state index >= 15 is 0 Å². The van der Waals surface area contributed by atoms with Crippen molar-refractivity contribution in [2.75, 3.05) is 59.4 Å². The maximum absolute atomic E-state index is 9.42. The van der Waals surface area contributed by atoms with Crippen LogP contribution in [-0.4, -0.2) is 93.6 Å². The Morgan fingerprint density at radius 3 is 1.54 bits per heavy atom. The molecule has 0 bridgehead atoms. The molecular weight excluding hydrogens is 1160 g/mol. The number of phenols is 1. The quantitative estimate of drug-likeness (QED) is 0.0925. The Morgan fingerprint density at radius 2 is 1.06 bits per heavy atom. The first-order valence-corrected chi connectivity index (χ1v) is 26.6. The molecule has 10 aromatic rings. The number of nitrogens with two attached hydrogens (primary N) is 1. The first-order chi connectivity index (χ1) is 34.0. The standard InChI is InChI=1S/C18H18BrN3O2S.C13H9BrN2OS.C12H7BrN2OS.C7H9NOS/c19-15-12-20-4-3-14(15)18-21-16-2-1-13(11-17(16)25-18)24-10-7-22-5-8-23-9-6-22;1-17-8-2-3-11-12(6-8)18-13(16-11)9-4-5-15-7-10(9)14;13-9-6-14-4-3-8(9)12-15-10-2-1-7(16)5-11(10)17-12;1-9-5-2-3-6(8)7(10)4-5/h1-4,11-12H,5-10H2;2-7H,1H3;1-6,16H;2-4,10H,8H2,1H3. The van der Waals surface area contributed by atoms with Gasteiger partial charge in [-0.05, 0) is 139 Å². The number of morpholine rings is 1. The number of thiol groups is 1. The van der Waals surface area contributed by atoms with Gasteiger partial charge in [-0.1, -0.05) is 0 Å². The van der Waals surface area contributed by atoms with Crippen LogP contribution in [0.3, 0.4) is 0 Å². The van der Waals surface area contributed by atoms with Crippen molar-refractivity contribution in [3.8, 4) is 54.7 Å². The molecule has 70 heavy (non-hydrogen) atoms. The summed E-state index contributed by atoms with van der Waals surface area (Å²) in [6.07, 6.45) is 10.6. The van der Waals surface area contributed by atoms with E-state index in [4.69, 9.17) is 29.7 Å². The molecule has 358 valence electrons. The summed E-state index contributed by atoms with van der Waals surface area (Å²) in [7, 11) is 3.28. The molecule has 0 aliphatic carbocycles. The number of hydrogen-bond donors (Lipinski definition) is 3. The largest absolute Gasteiger partial charge is 0.508 e. The van der Waals surface area contributed by atoms with Crippen LogP contribution in [0.1, 0.15) is 0 Å². The average Bonchev–Trinajstić information content (AvgIpc) is 4.13. The van der Waals surface area contributed by atoms with E-state index in [9.17, 15) is 5.11 Å². The van der Waals surface area contributed by atoms with E-state index in [1.165, 1.54) is 0 Å². The van der Waals surface area contributed by atoms with Crippen LogP contribution in [-0.2, 0) is 4.74 Å². The zero-order valence-electron chi connectivity index (χ0n) is 37.5. The van der Waals surface area contributed by atoms with Crippen molar-refractivity contribution in [1.82, 2.24) is 34.8 Å². The minimum Gasteiger partial charge on any atom is -0.508 e. The number of phenolic OH excluding ortho intramolecular Hbond substituents is 1. The van der Waals surface area contributed by atoms with Gasteiger partial charge in [0, 0.05) is 97.5 Å². The van der Waals surface area contributed by atoms with Crippen LogP contribution in [0.5, 0.6) is 23.0 Å². The van der Waals surface area contributed by atoms with Crippen molar-refractivity contribution in [3.63, 3.8) is 0 Å². The van der Waals surface area contributed by atoms with Crippen molar-refractivity contribution in [2.24, 2.45) is 0 Å². The molecule has 1 saturated heterocycles. The van der Waals surface area contributed by atoms with Gasteiger partial charge in [-0.25, -0.2) is 15.0 Å². The number of thiazole rings is 3. The van der Waals surface area contributed by atoms with Crippen LogP contribution >= 0.6 is 94.4 Å². The van der Waals surface area contributed by atoms with E-state index in [-0.39, 0.29) is 5.75 Å². The van der Waals surface area contributed by atoms with E-state index in [0.717, 1.165) is 131 Å². The third-order valence-electron chi connectivity index (χ3n) is 10.4. The summed E-state index contributed by atoms with van der Waals surface area (Å²) >= 11 is 19.5. The van der Waals surface area contributed by atoms with Gasteiger partial charge < -0.3 is 29.8 Å². The highest BCUT2D eigenvalue weighted by Gasteiger charge is 2.14. The summed E-state index contributed by atoms with van der Waals surface area (Å²) in [6, 6.07) is 28.4. The van der Waals surface area contributed by atoms with Crippen molar-refractivity contribution in [2.45, 2.75) is 4.90 Å². The number of aromatic hydroxyl groups is 1. The van der Waals surface area contributed by atoms with Crippen LogP contribution in [0.2, 0.25) is 0 Å². The van der Waals surface area contributed by atoms with Gasteiger partial charge in [0.2, 0.25) is 0 Å². The molecule has 6 aromatic heterocycles. The van der Waals surface area contributed by atoms with Gasteiger partial charge in [0.1, 0.15) is 44.6 Å². The fourth-order valence-corrected chi connectivity index (χ4v) is 11.7. The molecule has 0 radical (unpaired) electrons. The lowest BCUT2D eigenvalue weighted by molar-refractivity contribution is 0.0322. The number of nitrogens with zero attached hydrogens (tertiary/aromatic N) is 7.